The highest BCUT2D eigenvalue weighted by Gasteiger charge is 2.08. The molecule has 0 bridgehead atoms. The minimum absolute atomic E-state index is 0.754. The Morgan fingerprint density at radius 1 is 1.40 bits per heavy atom. The first-order chi connectivity index (χ1) is 7.31. The number of hydrogen-bond acceptors (Lipinski definition) is 5. The van der Waals surface area contributed by atoms with Gasteiger partial charge in [-0.3, -0.25) is 4.98 Å². The van der Waals surface area contributed by atoms with E-state index in [9.17, 15) is 0 Å². The zero-order valence-corrected chi connectivity index (χ0v) is 9.51. The minimum atomic E-state index is 0.754. The molecule has 4 nitrogen and oxygen atoms in total. The Morgan fingerprint density at radius 3 is 3.00 bits per heavy atom. The molecule has 0 aliphatic heterocycles. The predicted molar refractivity (Wildman–Crippen MR) is 60.6 cm³/mol. The molecule has 0 unspecified atom stereocenters. The molecule has 78 valence electrons. The van der Waals surface area contributed by atoms with Gasteiger partial charge in [-0.1, -0.05) is 17.4 Å². The van der Waals surface area contributed by atoms with Crippen LogP contribution in [-0.4, -0.2) is 22.2 Å². The van der Waals surface area contributed by atoms with Crippen LogP contribution in [0.3, 0.4) is 0 Å². The summed E-state index contributed by atoms with van der Waals surface area (Å²) in [5, 5.41) is 13.1. The second-order valence-corrected chi connectivity index (χ2v) is 4.26. The zero-order valence-electron chi connectivity index (χ0n) is 8.69. The molecule has 0 saturated heterocycles. The van der Waals surface area contributed by atoms with Crippen LogP contribution in [0, 0.1) is 6.92 Å². The summed E-state index contributed by atoms with van der Waals surface area (Å²) in [6.07, 6.45) is 1.78. The van der Waals surface area contributed by atoms with Gasteiger partial charge in [0.15, 0.2) is 5.01 Å². The van der Waals surface area contributed by atoms with Crippen molar-refractivity contribution in [1.82, 2.24) is 20.5 Å². The van der Waals surface area contributed by atoms with E-state index >= 15 is 0 Å². The summed E-state index contributed by atoms with van der Waals surface area (Å²) in [6.45, 7) is 2.78. The maximum absolute atomic E-state index is 4.31. The second kappa shape index (κ2) is 4.46. The Kier molecular flexibility index (Phi) is 3.03. The summed E-state index contributed by atoms with van der Waals surface area (Å²) in [7, 11) is 1.90. The highest BCUT2D eigenvalue weighted by Crippen LogP contribution is 2.23. The molecule has 0 saturated carbocycles. The fourth-order valence-electron chi connectivity index (χ4n) is 1.28. The fraction of sp³-hybridized carbons (Fsp3) is 0.300. The molecule has 5 heteroatoms. The molecule has 0 fully saturated rings. The summed E-state index contributed by atoms with van der Waals surface area (Å²) < 4.78 is 0. The minimum Gasteiger partial charge on any atom is -0.313 e. The van der Waals surface area contributed by atoms with Crippen LogP contribution in [0.5, 0.6) is 0 Å². The van der Waals surface area contributed by atoms with E-state index in [1.807, 2.05) is 26.1 Å². The number of nitrogens with one attached hydrogen (secondary N) is 1. The van der Waals surface area contributed by atoms with E-state index < -0.39 is 0 Å². The van der Waals surface area contributed by atoms with E-state index in [-0.39, 0.29) is 0 Å². The molecule has 15 heavy (non-hydrogen) atoms. The van der Waals surface area contributed by atoms with Crippen molar-refractivity contribution in [3.63, 3.8) is 0 Å². The van der Waals surface area contributed by atoms with Gasteiger partial charge in [0.1, 0.15) is 10.7 Å². The van der Waals surface area contributed by atoms with E-state index in [2.05, 4.69) is 20.5 Å². The summed E-state index contributed by atoms with van der Waals surface area (Å²) in [5.41, 5.74) is 2.06. The maximum Gasteiger partial charge on any atom is 0.166 e. The maximum atomic E-state index is 4.31. The SMILES string of the molecule is CNCc1nnc(-c2ncccc2C)s1. The number of hydrogen-bond donors (Lipinski definition) is 1. The van der Waals surface area contributed by atoms with Crippen LogP contribution < -0.4 is 5.32 Å². The van der Waals surface area contributed by atoms with Crippen molar-refractivity contribution in [1.29, 1.82) is 0 Å². The third-order valence-electron chi connectivity index (χ3n) is 2.01. The smallest absolute Gasteiger partial charge is 0.166 e. The lowest BCUT2D eigenvalue weighted by Gasteiger charge is -1.97. The molecule has 2 aromatic heterocycles. The van der Waals surface area contributed by atoms with E-state index in [1.54, 1.807) is 17.5 Å². The number of rotatable bonds is 3. The third kappa shape index (κ3) is 2.19. The lowest BCUT2D eigenvalue weighted by molar-refractivity contribution is 0.794. The van der Waals surface area contributed by atoms with Crippen molar-refractivity contribution in [3.8, 4) is 10.7 Å². The van der Waals surface area contributed by atoms with E-state index in [0.717, 1.165) is 27.8 Å². The Morgan fingerprint density at radius 2 is 2.27 bits per heavy atom. The highest BCUT2D eigenvalue weighted by molar-refractivity contribution is 7.14. The van der Waals surface area contributed by atoms with E-state index in [0.29, 0.717) is 0 Å². The monoisotopic (exact) mass is 220 g/mol. The van der Waals surface area contributed by atoms with Gasteiger partial charge in [0.25, 0.3) is 0 Å². The lowest BCUT2D eigenvalue weighted by Crippen LogP contribution is -2.04. The molecule has 1 N–H and O–H groups in total. The first kappa shape index (κ1) is 10.2. The van der Waals surface area contributed by atoms with E-state index in [4.69, 9.17) is 0 Å². The Hall–Kier alpha value is -1.33. The van der Waals surface area contributed by atoms with Gasteiger partial charge in [-0.25, -0.2) is 0 Å². The van der Waals surface area contributed by atoms with Crippen molar-refractivity contribution in [3.05, 3.63) is 28.9 Å². The molecule has 0 aromatic carbocycles. The lowest BCUT2D eigenvalue weighted by atomic mass is 10.2. The van der Waals surface area contributed by atoms with Crippen molar-refractivity contribution >= 4 is 11.3 Å². The summed E-state index contributed by atoms with van der Waals surface area (Å²) in [5.74, 6) is 0. The number of aryl methyl sites for hydroxylation is 1. The first-order valence-electron chi connectivity index (χ1n) is 4.70. The average molecular weight is 220 g/mol. The van der Waals surface area contributed by atoms with Gasteiger partial charge in [0.05, 0.1) is 0 Å². The highest BCUT2D eigenvalue weighted by atomic mass is 32.1. The summed E-state index contributed by atoms with van der Waals surface area (Å²) >= 11 is 1.58. The standard InChI is InChI=1S/C10H12N4S/c1-7-4-3-5-12-9(7)10-14-13-8(15-10)6-11-2/h3-5,11H,6H2,1-2H3. The third-order valence-corrected chi connectivity index (χ3v) is 2.94. The van der Waals surface area contributed by atoms with Crippen LogP contribution in [0.4, 0.5) is 0 Å². The Bertz CT molecular complexity index is 452. The van der Waals surface area contributed by atoms with Gasteiger partial charge in [0, 0.05) is 12.7 Å². The Labute approximate surface area is 92.4 Å². The second-order valence-electron chi connectivity index (χ2n) is 3.20. The van der Waals surface area contributed by atoms with E-state index in [1.165, 1.54) is 0 Å². The molecule has 2 aromatic rings. The van der Waals surface area contributed by atoms with Crippen molar-refractivity contribution in [2.75, 3.05) is 7.05 Å². The number of aromatic nitrogens is 3. The molecule has 0 radical (unpaired) electrons. The largest absolute Gasteiger partial charge is 0.313 e. The molecule has 0 aliphatic carbocycles. The van der Waals surface area contributed by atoms with Crippen LogP contribution >= 0.6 is 11.3 Å². The van der Waals surface area contributed by atoms with Gasteiger partial charge in [-0.05, 0) is 25.6 Å². The molecule has 0 spiro atoms. The van der Waals surface area contributed by atoms with Crippen molar-refractivity contribution in [2.45, 2.75) is 13.5 Å². The fourth-order valence-corrected chi connectivity index (χ4v) is 2.19. The van der Waals surface area contributed by atoms with Gasteiger partial charge >= 0.3 is 0 Å². The molecule has 2 heterocycles. The van der Waals surface area contributed by atoms with Crippen LogP contribution in [0.25, 0.3) is 10.7 Å². The zero-order chi connectivity index (χ0) is 10.7. The van der Waals surface area contributed by atoms with Gasteiger partial charge in [-0.15, -0.1) is 10.2 Å². The van der Waals surface area contributed by atoms with Gasteiger partial charge in [0.2, 0.25) is 0 Å². The average Bonchev–Trinajstić information content (AvgIpc) is 2.68. The molecule has 2 rings (SSSR count). The van der Waals surface area contributed by atoms with Crippen LogP contribution in [-0.2, 0) is 6.54 Å². The number of nitrogens with zero attached hydrogens (tertiary/aromatic N) is 3. The summed E-state index contributed by atoms with van der Waals surface area (Å²) in [4.78, 5) is 4.31. The first-order valence-corrected chi connectivity index (χ1v) is 5.52. The molecule has 0 aliphatic rings. The van der Waals surface area contributed by atoms with Crippen LogP contribution in [0.1, 0.15) is 10.6 Å². The van der Waals surface area contributed by atoms with Gasteiger partial charge in [-0.2, -0.15) is 0 Å². The molecule has 0 atom stereocenters. The molecular weight excluding hydrogens is 208 g/mol. The van der Waals surface area contributed by atoms with Crippen LogP contribution in [0.15, 0.2) is 18.3 Å². The number of pyridine rings is 1. The van der Waals surface area contributed by atoms with Crippen LogP contribution in [0.2, 0.25) is 0 Å². The Balaban J connectivity index is 2.33. The molecular formula is C10H12N4S. The summed E-state index contributed by atoms with van der Waals surface area (Å²) in [6, 6.07) is 3.95. The topological polar surface area (TPSA) is 50.7 Å². The molecule has 0 amide bonds. The van der Waals surface area contributed by atoms with Gasteiger partial charge < -0.3 is 5.32 Å². The quantitative estimate of drug-likeness (QED) is 0.854. The van der Waals surface area contributed by atoms with Crippen molar-refractivity contribution < 1.29 is 0 Å². The van der Waals surface area contributed by atoms with Crippen molar-refractivity contribution in [2.24, 2.45) is 0 Å². The normalized spacial score (nSPS) is 10.5. The predicted octanol–water partition coefficient (Wildman–Crippen LogP) is 1.63.